The summed E-state index contributed by atoms with van der Waals surface area (Å²) in [6, 6.07) is 3.87. The van der Waals surface area contributed by atoms with Gasteiger partial charge in [-0.1, -0.05) is 0 Å². The van der Waals surface area contributed by atoms with Gasteiger partial charge in [0.15, 0.2) is 0 Å². The van der Waals surface area contributed by atoms with E-state index in [1.54, 1.807) is 12.4 Å². The van der Waals surface area contributed by atoms with Gasteiger partial charge in [-0.3, -0.25) is 4.98 Å². The van der Waals surface area contributed by atoms with Crippen LogP contribution in [0, 0.1) is 6.92 Å². The van der Waals surface area contributed by atoms with Gasteiger partial charge in [-0.25, -0.2) is 4.98 Å². The first-order valence-corrected chi connectivity index (χ1v) is 4.34. The molecule has 0 amide bonds. The molecule has 0 atom stereocenters. The highest BCUT2D eigenvalue weighted by atomic mass is 32.1. The van der Waals surface area contributed by atoms with Gasteiger partial charge in [0.2, 0.25) is 0 Å². The Morgan fingerprint density at radius 3 is 2.92 bits per heavy atom. The van der Waals surface area contributed by atoms with Gasteiger partial charge in [0.1, 0.15) is 10.8 Å². The third-order valence-electron chi connectivity index (χ3n) is 1.44. The van der Waals surface area contributed by atoms with Crippen molar-refractivity contribution in [2.45, 2.75) is 6.92 Å². The number of pyridine rings is 1. The van der Waals surface area contributed by atoms with Crippen LogP contribution in [0.1, 0.15) is 5.82 Å². The number of hydrogen-bond acceptors (Lipinski definition) is 4. The summed E-state index contributed by atoms with van der Waals surface area (Å²) < 4.78 is 4.10. The molecular weight excluding hydrogens is 170 g/mol. The molecule has 0 bridgehead atoms. The molecule has 0 spiro atoms. The molecule has 12 heavy (non-hydrogen) atoms. The third-order valence-corrected chi connectivity index (χ3v) is 2.29. The van der Waals surface area contributed by atoms with Gasteiger partial charge in [-0.15, -0.1) is 0 Å². The molecule has 0 aliphatic rings. The molecule has 2 aromatic rings. The first-order valence-electron chi connectivity index (χ1n) is 3.57. The molecule has 0 fully saturated rings. The zero-order valence-corrected chi connectivity index (χ0v) is 7.38. The Hall–Kier alpha value is -1.29. The second-order valence-corrected chi connectivity index (χ2v) is 3.14. The van der Waals surface area contributed by atoms with Crippen LogP contribution in [0.15, 0.2) is 24.5 Å². The lowest BCUT2D eigenvalue weighted by Gasteiger charge is -1.90. The van der Waals surface area contributed by atoms with E-state index in [9.17, 15) is 0 Å². The van der Waals surface area contributed by atoms with E-state index in [4.69, 9.17) is 0 Å². The van der Waals surface area contributed by atoms with Crippen molar-refractivity contribution >= 4 is 11.5 Å². The van der Waals surface area contributed by atoms with Gasteiger partial charge >= 0.3 is 0 Å². The zero-order chi connectivity index (χ0) is 8.39. The van der Waals surface area contributed by atoms with Crippen LogP contribution in [-0.4, -0.2) is 14.3 Å². The van der Waals surface area contributed by atoms with E-state index < -0.39 is 0 Å². The van der Waals surface area contributed by atoms with Crippen molar-refractivity contribution in [2.75, 3.05) is 0 Å². The molecule has 0 aliphatic heterocycles. The minimum absolute atomic E-state index is 0.818. The summed E-state index contributed by atoms with van der Waals surface area (Å²) in [5, 5.41) is 0.931. The monoisotopic (exact) mass is 177 g/mol. The van der Waals surface area contributed by atoms with Gasteiger partial charge in [-0.05, 0) is 30.6 Å². The van der Waals surface area contributed by atoms with Gasteiger partial charge in [0, 0.05) is 18.0 Å². The Bertz CT molecular complexity index is 369. The molecule has 0 unspecified atom stereocenters. The number of hydrogen-bond donors (Lipinski definition) is 0. The maximum Gasteiger partial charge on any atom is 0.145 e. The average Bonchev–Trinajstić information content (AvgIpc) is 2.54. The van der Waals surface area contributed by atoms with Gasteiger partial charge in [-0.2, -0.15) is 4.37 Å². The SMILES string of the molecule is Cc1nsc(-c2cccnc2)n1. The van der Waals surface area contributed by atoms with E-state index in [0.29, 0.717) is 0 Å². The lowest BCUT2D eigenvalue weighted by Crippen LogP contribution is -1.77. The fraction of sp³-hybridized carbons (Fsp3) is 0.125. The predicted molar refractivity (Wildman–Crippen MR) is 47.9 cm³/mol. The minimum Gasteiger partial charge on any atom is -0.264 e. The van der Waals surface area contributed by atoms with Crippen LogP contribution in [0.2, 0.25) is 0 Å². The van der Waals surface area contributed by atoms with E-state index in [2.05, 4.69) is 14.3 Å². The molecule has 0 saturated carbocycles. The first kappa shape index (κ1) is 7.36. The van der Waals surface area contributed by atoms with E-state index >= 15 is 0 Å². The second-order valence-electron chi connectivity index (χ2n) is 2.39. The molecule has 60 valence electrons. The maximum absolute atomic E-state index is 4.25. The first-order chi connectivity index (χ1) is 5.86. The highest BCUT2D eigenvalue weighted by molar-refractivity contribution is 7.09. The van der Waals surface area contributed by atoms with Crippen LogP contribution in [-0.2, 0) is 0 Å². The molecule has 0 radical (unpaired) electrons. The molecule has 0 saturated heterocycles. The molecular formula is C8H7N3S. The summed E-state index contributed by atoms with van der Waals surface area (Å²) in [6.45, 7) is 1.89. The van der Waals surface area contributed by atoms with Crippen molar-refractivity contribution in [3.63, 3.8) is 0 Å². The maximum atomic E-state index is 4.25. The molecule has 0 N–H and O–H groups in total. The molecule has 2 rings (SSSR count). The lowest BCUT2D eigenvalue weighted by molar-refractivity contribution is 1.17. The molecule has 3 nitrogen and oxygen atoms in total. The summed E-state index contributed by atoms with van der Waals surface area (Å²) in [6.07, 6.45) is 3.54. The van der Waals surface area contributed by atoms with Crippen LogP contribution in [0.3, 0.4) is 0 Å². The van der Waals surface area contributed by atoms with Crippen LogP contribution in [0.4, 0.5) is 0 Å². The Kier molecular flexibility index (Phi) is 1.83. The quantitative estimate of drug-likeness (QED) is 0.667. The second kappa shape index (κ2) is 2.98. The van der Waals surface area contributed by atoms with E-state index in [-0.39, 0.29) is 0 Å². The summed E-state index contributed by atoms with van der Waals surface area (Å²) in [5.74, 6) is 0.818. The van der Waals surface area contributed by atoms with Gasteiger partial charge < -0.3 is 0 Å². The van der Waals surface area contributed by atoms with Crippen LogP contribution >= 0.6 is 11.5 Å². The van der Waals surface area contributed by atoms with Crippen molar-refractivity contribution in [1.82, 2.24) is 14.3 Å². The van der Waals surface area contributed by atoms with Gasteiger partial charge in [0.25, 0.3) is 0 Å². The van der Waals surface area contributed by atoms with Crippen LogP contribution in [0.5, 0.6) is 0 Å². The highest BCUT2D eigenvalue weighted by Gasteiger charge is 2.01. The van der Waals surface area contributed by atoms with Crippen molar-refractivity contribution < 1.29 is 0 Å². The topological polar surface area (TPSA) is 38.7 Å². The highest BCUT2D eigenvalue weighted by Crippen LogP contribution is 2.19. The van der Waals surface area contributed by atoms with Gasteiger partial charge in [0.05, 0.1) is 0 Å². The van der Waals surface area contributed by atoms with Crippen molar-refractivity contribution in [3.8, 4) is 10.6 Å². The summed E-state index contributed by atoms with van der Waals surface area (Å²) in [5.41, 5.74) is 1.03. The van der Waals surface area contributed by atoms with E-state index in [1.807, 2.05) is 19.1 Å². The van der Waals surface area contributed by atoms with Crippen molar-refractivity contribution in [3.05, 3.63) is 30.4 Å². The Morgan fingerprint density at radius 2 is 2.33 bits per heavy atom. The molecule has 2 heterocycles. The normalized spacial score (nSPS) is 10.1. The van der Waals surface area contributed by atoms with Crippen molar-refractivity contribution in [2.24, 2.45) is 0 Å². The van der Waals surface area contributed by atoms with Crippen LogP contribution in [0.25, 0.3) is 10.6 Å². The number of aryl methyl sites for hydroxylation is 1. The summed E-state index contributed by atoms with van der Waals surface area (Å²) in [7, 11) is 0. The molecule has 2 aromatic heterocycles. The van der Waals surface area contributed by atoms with E-state index in [1.165, 1.54) is 11.5 Å². The number of nitrogens with zero attached hydrogens (tertiary/aromatic N) is 3. The summed E-state index contributed by atoms with van der Waals surface area (Å²) in [4.78, 5) is 8.26. The zero-order valence-electron chi connectivity index (χ0n) is 6.56. The summed E-state index contributed by atoms with van der Waals surface area (Å²) >= 11 is 1.40. The van der Waals surface area contributed by atoms with Crippen molar-refractivity contribution in [1.29, 1.82) is 0 Å². The fourth-order valence-electron chi connectivity index (χ4n) is 0.904. The third kappa shape index (κ3) is 1.33. The largest absolute Gasteiger partial charge is 0.264 e. The Morgan fingerprint density at radius 1 is 1.42 bits per heavy atom. The smallest absolute Gasteiger partial charge is 0.145 e. The fourth-order valence-corrected chi connectivity index (χ4v) is 1.56. The molecule has 0 aromatic carbocycles. The van der Waals surface area contributed by atoms with E-state index in [0.717, 1.165) is 16.4 Å². The molecule has 0 aliphatic carbocycles. The van der Waals surface area contributed by atoms with Crippen LogP contribution < -0.4 is 0 Å². The molecule has 4 heteroatoms. The minimum atomic E-state index is 0.818. The predicted octanol–water partition coefficient (Wildman–Crippen LogP) is 1.91. The average molecular weight is 177 g/mol. The lowest BCUT2D eigenvalue weighted by atomic mass is 10.3. The number of aromatic nitrogens is 3. The Balaban J connectivity index is 2.45. The Labute approximate surface area is 74.3 Å². The standard InChI is InChI=1S/C8H7N3S/c1-6-10-8(12-11-6)7-3-2-4-9-5-7/h2-5H,1H3. The number of rotatable bonds is 1.